The van der Waals surface area contributed by atoms with Gasteiger partial charge in [-0.2, -0.15) is 0 Å². The molecule has 0 aliphatic heterocycles. The number of alkyl halides is 1. The van der Waals surface area contributed by atoms with Crippen LogP contribution >= 0.6 is 11.6 Å². The summed E-state index contributed by atoms with van der Waals surface area (Å²) >= 11 is 5.65. The Kier molecular flexibility index (Phi) is 8.03. The van der Waals surface area contributed by atoms with Gasteiger partial charge in [-0.05, 0) is 23.6 Å². The maximum absolute atomic E-state index is 12.0. The molecule has 1 aromatic rings. The molecule has 0 aliphatic rings. The molecule has 1 aromatic carbocycles. The van der Waals surface area contributed by atoms with Gasteiger partial charge in [0.25, 0.3) is 0 Å². The molecule has 0 saturated carbocycles. The van der Waals surface area contributed by atoms with Crippen LogP contribution in [0.3, 0.4) is 0 Å². The second kappa shape index (κ2) is 9.25. The molecule has 0 radical (unpaired) electrons. The zero-order chi connectivity index (χ0) is 15.7. The van der Waals surface area contributed by atoms with Gasteiger partial charge in [-0.25, -0.2) is 8.42 Å². The lowest BCUT2D eigenvalue weighted by Crippen LogP contribution is -2.22. The van der Waals surface area contributed by atoms with E-state index in [0.29, 0.717) is 31.4 Å². The van der Waals surface area contributed by atoms with Gasteiger partial charge in [0.15, 0.2) is 0 Å². The minimum absolute atomic E-state index is 0.00503. The second-order valence-corrected chi connectivity index (χ2v) is 6.96. The van der Waals surface area contributed by atoms with Gasteiger partial charge in [0.1, 0.15) is 0 Å². The molecule has 1 rings (SSSR count). The first-order valence-electron chi connectivity index (χ1n) is 6.69. The minimum atomic E-state index is -3.39. The number of ether oxygens (including phenoxy) is 2. The number of methoxy groups -OCH3 is 1. The third-order valence-electron chi connectivity index (χ3n) is 2.67. The van der Waals surface area contributed by atoms with E-state index in [4.69, 9.17) is 21.1 Å². The van der Waals surface area contributed by atoms with Crippen molar-refractivity contribution in [3.8, 4) is 0 Å². The van der Waals surface area contributed by atoms with Crippen LogP contribution in [0, 0.1) is 5.92 Å². The van der Waals surface area contributed by atoms with E-state index in [1.165, 1.54) is 0 Å². The fraction of sp³-hybridized carbons (Fsp3) is 0.571. The van der Waals surface area contributed by atoms with Crippen molar-refractivity contribution in [3.63, 3.8) is 0 Å². The lowest BCUT2D eigenvalue weighted by Gasteiger charge is -2.12. The lowest BCUT2D eigenvalue weighted by molar-refractivity contribution is 0.0617. The van der Waals surface area contributed by atoms with E-state index in [2.05, 4.69) is 4.72 Å². The van der Waals surface area contributed by atoms with E-state index in [0.717, 1.165) is 5.56 Å². The van der Waals surface area contributed by atoms with Gasteiger partial charge in [0, 0.05) is 18.7 Å². The Labute approximate surface area is 131 Å². The molecule has 1 atom stereocenters. The monoisotopic (exact) mass is 335 g/mol. The molecule has 1 unspecified atom stereocenters. The lowest BCUT2D eigenvalue weighted by atomic mass is 10.2. The van der Waals surface area contributed by atoms with E-state index in [1.54, 1.807) is 32.2 Å². The Morgan fingerprint density at radius 3 is 2.76 bits per heavy atom. The summed E-state index contributed by atoms with van der Waals surface area (Å²) in [7, 11) is -1.78. The van der Waals surface area contributed by atoms with E-state index < -0.39 is 10.0 Å². The number of nitrogens with one attached hydrogen (secondary N) is 1. The number of hydrogen-bond acceptors (Lipinski definition) is 4. The van der Waals surface area contributed by atoms with Crippen LogP contribution in [-0.4, -0.2) is 40.4 Å². The summed E-state index contributed by atoms with van der Waals surface area (Å²) in [4.78, 5) is 0. The highest BCUT2D eigenvalue weighted by Gasteiger charge is 2.15. The molecular weight excluding hydrogens is 314 g/mol. The Morgan fingerprint density at radius 2 is 2.10 bits per heavy atom. The van der Waals surface area contributed by atoms with Crippen molar-refractivity contribution in [2.24, 2.45) is 5.92 Å². The summed E-state index contributed by atoms with van der Waals surface area (Å²) < 4.78 is 36.8. The van der Waals surface area contributed by atoms with Gasteiger partial charge < -0.3 is 9.47 Å². The standard InChI is InChI=1S/C14H22ClNO4S/c1-12(9-15)11-21(17,18)16-14-5-3-4-13(8-14)10-20-7-6-19-2/h3-5,8,12,16H,6-7,9-11H2,1-2H3. The molecule has 1 N–H and O–H groups in total. The molecular formula is C14H22ClNO4S. The number of hydrogen-bond donors (Lipinski definition) is 1. The van der Waals surface area contributed by atoms with Gasteiger partial charge in [-0.1, -0.05) is 19.1 Å². The molecule has 5 nitrogen and oxygen atoms in total. The van der Waals surface area contributed by atoms with Crippen molar-refractivity contribution in [3.05, 3.63) is 29.8 Å². The van der Waals surface area contributed by atoms with Crippen LogP contribution in [0.1, 0.15) is 12.5 Å². The van der Waals surface area contributed by atoms with Crippen LogP contribution in [0.15, 0.2) is 24.3 Å². The zero-order valence-electron chi connectivity index (χ0n) is 12.3. The van der Waals surface area contributed by atoms with Gasteiger partial charge in [0.2, 0.25) is 10.0 Å². The van der Waals surface area contributed by atoms with Crippen molar-refractivity contribution >= 4 is 27.3 Å². The molecule has 21 heavy (non-hydrogen) atoms. The molecule has 7 heteroatoms. The van der Waals surface area contributed by atoms with Gasteiger partial charge >= 0.3 is 0 Å². The first kappa shape index (κ1) is 18.2. The smallest absolute Gasteiger partial charge is 0.233 e. The number of sulfonamides is 1. The Hall–Kier alpha value is -0.820. The topological polar surface area (TPSA) is 64.6 Å². The third-order valence-corrected chi connectivity index (χ3v) is 4.75. The summed E-state index contributed by atoms with van der Waals surface area (Å²) in [6.07, 6.45) is 0. The summed E-state index contributed by atoms with van der Waals surface area (Å²) in [5.41, 5.74) is 1.43. The normalized spacial score (nSPS) is 13.1. The van der Waals surface area contributed by atoms with Crippen molar-refractivity contribution in [2.45, 2.75) is 13.5 Å². The summed E-state index contributed by atoms with van der Waals surface area (Å²) in [6.45, 7) is 3.24. The summed E-state index contributed by atoms with van der Waals surface area (Å²) in [5.74, 6) is 0.226. The third kappa shape index (κ3) is 7.66. The summed E-state index contributed by atoms with van der Waals surface area (Å²) in [5, 5.41) is 0. The Bertz CT molecular complexity index is 521. The fourth-order valence-corrected chi connectivity index (χ4v) is 3.37. The van der Waals surface area contributed by atoms with Gasteiger partial charge in [0.05, 0.1) is 25.6 Å². The highest BCUT2D eigenvalue weighted by atomic mass is 35.5. The van der Waals surface area contributed by atoms with Crippen LogP contribution in [0.2, 0.25) is 0 Å². The number of benzene rings is 1. The quantitative estimate of drug-likeness (QED) is 0.527. The predicted octanol–water partition coefficient (Wildman–Crippen LogP) is 2.47. The van der Waals surface area contributed by atoms with Crippen LogP contribution in [-0.2, 0) is 26.1 Å². The Morgan fingerprint density at radius 1 is 1.33 bits per heavy atom. The molecule has 0 spiro atoms. The largest absolute Gasteiger partial charge is 0.382 e. The molecule has 120 valence electrons. The van der Waals surface area contributed by atoms with E-state index >= 15 is 0 Å². The van der Waals surface area contributed by atoms with E-state index in [9.17, 15) is 8.42 Å². The SMILES string of the molecule is COCCOCc1cccc(NS(=O)(=O)CC(C)CCl)c1. The molecule has 0 bridgehead atoms. The van der Waals surface area contributed by atoms with Gasteiger partial charge in [-0.15, -0.1) is 11.6 Å². The number of anilines is 1. The molecule has 0 saturated heterocycles. The van der Waals surface area contributed by atoms with Crippen molar-refractivity contribution < 1.29 is 17.9 Å². The van der Waals surface area contributed by atoms with Crippen molar-refractivity contribution in [1.82, 2.24) is 0 Å². The zero-order valence-corrected chi connectivity index (χ0v) is 13.9. The first-order chi connectivity index (χ1) is 9.96. The van der Waals surface area contributed by atoms with Crippen LogP contribution < -0.4 is 4.72 Å². The van der Waals surface area contributed by atoms with Crippen LogP contribution in [0.4, 0.5) is 5.69 Å². The maximum Gasteiger partial charge on any atom is 0.233 e. The van der Waals surface area contributed by atoms with Crippen molar-refractivity contribution in [1.29, 1.82) is 0 Å². The highest BCUT2D eigenvalue weighted by molar-refractivity contribution is 7.92. The minimum Gasteiger partial charge on any atom is -0.382 e. The predicted molar refractivity (Wildman–Crippen MR) is 85.3 cm³/mol. The van der Waals surface area contributed by atoms with Crippen LogP contribution in [0.5, 0.6) is 0 Å². The highest BCUT2D eigenvalue weighted by Crippen LogP contribution is 2.14. The van der Waals surface area contributed by atoms with Gasteiger partial charge in [-0.3, -0.25) is 4.72 Å². The fourth-order valence-electron chi connectivity index (χ4n) is 1.70. The second-order valence-electron chi connectivity index (χ2n) is 4.89. The Balaban J connectivity index is 2.59. The molecule has 0 aliphatic carbocycles. The molecule has 0 amide bonds. The summed E-state index contributed by atoms with van der Waals surface area (Å²) in [6, 6.07) is 7.14. The molecule has 0 aromatic heterocycles. The molecule has 0 heterocycles. The van der Waals surface area contributed by atoms with E-state index in [-0.39, 0.29) is 11.7 Å². The van der Waals surface area contributed by atoms with E-state index in [1.807, 2.05) is 6.07 Å². The first-order valence-corrected chi connectivity index (χ1v) is 8.87. The van der Waals surface area contributed by atoms with Crippen LogP contribution in [0.25, 0.3) is 0 Å². The maximum atomic E-state index is 12.0. The number of halogens is 1. The average molecular weight is 336 g/mol. The average Bonchev–Trinajstić information content (AvgIpc) is 2.43. The molecule has 0 fully saturated rings. The number of rotatable bonds is 10. The van der Waals surface area contributed by atoms with Crippen molar-refractivity contribution in [2.75, 3.05) is 36.7 Å².